The van der Waals surface area contributed by atoms with Crippen LogP contribution in [0.5, 0.6) is 0 Å². The van der Waals surface area contributed by atoms with E-state index in [9.17, 15) is 8.78 Å². The monoisotopic (exact) mass is 271 g/mol. The third kappa shape index (κ3) is 3.74. The van der Waals surface area contributed by atoms with Crippen LogP contribution >= 0.6 is 0 Å². The van der Waals surface area contributed by atoms with Gasteiger partial charge in [-0.3, -0.25) is 0 Å². The fraction of sp³-hybridized carbons (Fsp3) is 0.600. The summed E-state index contributed by atoms with van der Waals surface area (Å²) in [4.78, 5) is 0. The molecule has 108 valence electrons. The molecule has 1 atom stereocenters. The van der Waals surface area contributed by atoms with Crippen LogP contribution in [-0.2, 0) is 11.2 Å². The van der Waals surface area contributed by atoms with Gasteiger partial charge in [0.2, 0.25) is 0 Å². The molecule has 0 saturated heterocycles. The third-order valence-electron chi connectivity index (χ3n) is 3.75. The Balaban J connectivity index is 2.92. The molecule has 2 N–H and O–H groups in total. The Hall–Kier alpha value is -1.00. The predicted molar refractivity (Wildman–Crippen MR) is 73.0 cm³/mol. The Kier molecular flexibility index (Phi) is 5.88. The molecule has 0 radical (unpaired) electrons. The molecule has 0 bridgehead atoms. The molecule has 0 saturated carbocycles. The van der Waals surface area contributed by atoms with Gasteiger partial charge in [-0.15, -0.1) is 0 Å². The van der Waals surface area contributed by atoms with E-state index in [2.05, 4.69) is 0 Å². The van der Waals surface area contributed by atoms with Crippen LogP contribution in [0.1, 0.15) is 39.2 Å². The lowest BCUT2D eigenvalue weighted by atomic mass is 9.85. The second kappa shape index (κ2) is 6.96. The summed E-state index contributed by atoms with van der Waals surface area (Å²) in [7, 11) is 0. The lowest BCUT2D eigenvalue weighted by Gasteiger charge is -2.37. The highest BCUT2D eigenvalue weighted by Gasteiger charge is 2.34. The molecule has 19 heavy (non-hydrogen) atoms. The van der Waals surface area contributed by atoms with Gasteiger partial charge in [0.1, 0.15) is 11.6 Å². The summed E-state index contributed by atoms with van der Waals surface area (Å²) in [5.74, 6) is -0.868. The quantitative estimate of drug-likeness (QED) is 0.824. The average molecular weight is 271 g/mol. The maximum absolute atomic E-state index is 13.6. The van der Waals surface area contributed by atoms with Crippen LogP contribution in [0.15, 0.2) is 18.2 Å². The second-order valence-electron chi connectivity index (χ2n) is 4.75. The van der Waals surface area contributed by atoms with Crippen LogP contribution in [0.4, 0.5) is 8.78 Å². The van der Waals surface area contributed by atoms with E-state index in [0.717, 1.165) is 25.0 Å². The van der Waals surface area contributed by atoms with Crippen molar-refractivity contribution in [3.8, 4) is 0 Å². The van der Waals surface area contributed by atoms with Gasteiger partial charge >= 0.3 is 0 Å². The Labute approximate surface area is 114 Å². The van der Waals surface area contributed by atoms with Gasteiger partial charge in [0.05, 0.1) is 5.60 Å². The molecule has 1 rings (SSSR count). The van der Waals surface area contributed by atoms with Crippen molar-refractivity contribution in [2.45, 2.75) is 51.7 Å². The largest absolute Gasteiger partial charge is 0.374 e. The maximum Gasteiger partial charge on any atom is 0.126 e. The average Bonchev–Trinajstić information content (AvgIpc) is 2.40. The fourth-order valence-corrected chi connectivity index (χ4v) is 2.50. The van der Waals surface area contributed by atoms with Gasteiger partial charge in [-0.05, 0) is 49.9 Å². The van der Waals surface area contributed by atoms with E-state index in [4.69, 9.17) is 10.5 Å². The first-order valence-corrected chi connectivity index (χ1v) is 6.82. The molecule has 4 heteroatoms. The molecule has 0 heterocycles. The normalized spacial score (nSPS) is 13.6. The lowest BCUT2D eigenvalue weighted by molar-refractivity contribution is -0.0634. The number of hydrogen-bond donors (Lipinski definition) is 1. The van der Waals surface area contributed by atoms with Gasteiger partial charge in [0.15, 0.2) is 0 Å². The zero-order valence-electron chi connectivity index (χ0n) is 11.9. The molecule has 1 aromatic rings. The van der Waals surface area contributed by atoms with Crippen molar-refractivity contribution >= 4 is 0 Å². The Morgan fingerprint density at radius 2 is 1.84 bits per heavy atom. The van der Waals surface area contributed by atoms with Gasteiger partial charge in [0.25, 0.3) is 0 Å². The van der Waals surface area contributed by atoms with E-state index in [1.54, 1.807) is 0 Å². The van der Waals surface area contributed by atoms with Crippen molar-refractivity contribution in [3.05, 3.63) is 35.4 Å². The highest BCUT2D eigenvalue weighted by Crippen LogP contribution is 2.26. The smallest absolute Gasteiger partial charge is 0.126 e. The molecule has 0 aliphatic heterocycles. The molecule has 1 aromatic carbocycles. The number of hydrogen-bond acceptors (Lipinski definition) is 2. The highest BCUT2D eigenvalue weighted by molar-refractivity contribution is 5.20. The Morgan fingerprint density at radius 3 is 2.37 bits per heavy atom. The van der Waals surface area contributed by atoms with Crippen molar-refractivity contribution in [1.29, 1.82) is 0 Å². The minimum atomic E-state index is -0.479. The van der Waals surface area contributed by atoms with E-state index in [0.29, 0.717) is 12.2 Å². The van der Waals surface area contributed by atoms with Gasteiger partial charge < -0.3 is 10.5 Å². The summed E-state index contributed by atoms with van der Waals surface area (Å²) in [6, 6.07) is 3.09. The molecule has 0 aromatic heterocycles. The van der Waals surface area contributed by atoms with Crippen molar-refractivity contribution in [2.24, 2.45) is 5.73 Å². The van der Waals surface area contributed by atoms with E-state index >= 15 is 0 Å². The maximum atomic E-state index is 13.6. The number of nitrogens with two attached hydrogens (primary N) is 1. The minimum Gasteiger partial charge on any atom is -0.374 e. The number of ether oxygens (including phenoxy) is 1. The molecule has 0 fully saturated rings. The van der Waals surface area contributed by atoms with Gasteiger partial charge in [0, 0.05) is 12.6 Å². The van der Waals surface area contributed by atoms with Crippen LogP contribution in [0.2, 0.25) is 0 Å². The summed E-state index contributed by atoms with van der Waals surface area (Å²) >= 11 is 0. The molecular formula is C15H23F2NO. The van der Waals surface area contributed by atoms with Gasteiger partial charge in [-0.1, -0.05) is 13.8 Å². The molecule has 0 spiro atoms. The lowest BCUT2D eigenvalue weighted by Crippen LogP contribution is -2.50. The van der Waals surface area contributed by atoms with Crippen molar-refractivity contribution in [1.82, 2.24) is 0 Å². The number of halogens is 2. The Morgan fingerprint density at radius 1 is 1.21 bits per heavy atom. The number of benzene rings is 1. The molecule has 0 aliphatic rings. The molecule has 0 aliphatic carbocycles. The van der Waals surface area contributed by atoms with Gasteiger partial charge in [-0.25, -0.2) is 8.78 Å². The van der Waals surface area contributed by atoms with Crippen molar-refractivity contribution < 1.29 is 13.5 Å². The first-order chi connectivity index (χ1) is 8.99. The summed E-state index contributed by atoms with van der Waals surface area (Å²) in [6.07, 6.45) is 1.76. The highest BCUT2D eigenvalue weighted by atomic mass is 19.1. The van der Waals surface area contributed by atoms with Crippen LogP contribution in [0, 0.1) is 11.6 Å². The topological polar surface area (TPSA) is 35.2 Å². The van der Waals surface area contributed by atoms with Crippen LogP contribution in [0.3, 0.4) is 0 Å². The SMILES string of the molecule is CCOC(CC)(CC)C(N)Cc1cc(F)ccc1F. The van der Waals surface area contributed by atoms with E-state index in [1.165, 1.54) is 6.07 Å². The van der Waals surface area contributed by atoms with E-state index in [-0.39, 0.29) is 12.5 Å². The van der Waals surface area contributed by atoms with Crippen LogP contribution < -0.4 is 5.73 Å². The van der Waals surface area contributed by atoms with Crippen LogP contribution in [0.25, 0.3) is 0 Å². The zero-order valence-corrected chi connectivity index (χ0v) is 11.9. The number of rotatable bonds is 7. The van der Waals surface area contributed by atoms with E-state index in [1.807, 2.05) is 20.8 Å². The second-order valence-corrected chi connectivity index (χ2v) is 4.75. The predicted octanol–water partition coefficient (Wildman–Crippen LogP) is 3.43. The molecular weight excluding hydrogens is 248 g/mol. The summed E-state index contributed by atoms with van der Waals surface area (Å²) in [5.41, 5.74) is 6.02. The molecule has 2 nitrogen and oxygen atoms in total. The summed E-state index contributed by atoms with van der Waals surface area (Å²) in [6.45, 7) is 6.47. The van der Waals surface area contributed by atoms with Crippen molar-refractivity contribution in [3.63, 3.8) is 0 Å². The Bertz CT molecular complexity index is 405. The molecule has 1 unspecified atom stereocenters. The first kappa shape index (κ1) is 16.1. The van der Waals surface area contributed by atoms with E-state index < -0.39 is 17.2 Å². The first-order valence-electron chi connectivity index (χ1n) is 6.82. The minimum absolute atomic E-state index is 0.269. The van der Waals surface area contributed by atoms with Crippen LogP contribution in [-0.4, -0.2) is 18.2 Å². The zero-order chi connectivity index (χ0) is 14.5. The fourth-order valence-electron chi connectivity index (χ4n) is 2.50. The van der Waals surface area contributed by atoms with Gasteiger partial charge in [-0.2, -0.15) is 0 Å². The standard InChI is InChI=1S/C15H23F2NO/c1-4-15(5-2,19-6-3)14(18)10-11-9-12(16)7-8-13(11)17/h7-9,14H,4-6,10,18H2,1-3H3. The third-order valence-corrected chi connectivity index (χ3v) is 3.75. The summed E-state index contributed by atoms with van der Waals surface area (Å²) < 4.78 is 32.6. The molecule has 0 amide bonds. The summed E-state index contributed by atoms with van der Waals surface area (Å²) in [5, 5.41) is 0. The van der Waals surface area contributed by atoms with Crippen molar-refractivity contribution in [2.75, 3.05) is 6.61 Å².